The van der Waals surface area contributed by atoms with Crippen molar-refractivity contribution < 1.29 is 19.5 Å². The van der Waals surface area contributed by atoms with E-state index in [0.717, 1.165) is 4.90 Å². The number of aromatic nitrogens is 1. The molecule has 2 rings (SSSR count). The highest BCUT2D eigenvalue weighted by Gasteiger charge is 2.31. The second-order valence-corrected chi connectivity index (χ2v) is 6.35. The molecule has 136 valence electrons. The van der Waals surface area contributed by atoms with Gasteiger partial charge in [0.25, 0.3) is 11.5 Å². The lowest BCUT2D eigenvalue weighted by atomic mass is 10.0. The van der Waals surface area contributed by atoms with Crippen molar-refractivity contribution in [3.8, 4) is 11.3 Å². The molecule has 0 aliphatic carbocycles. The minimum atomic E-state index is -1.31. The molecule has 1 aromatic heterocycles. The van der Waals surface area contributed by atoms with Crippen LogP contribution >= 0.6 is 0 Å². The molecule has 8 heteroatoms. The highest BCUT2D eigenvalue weighted by atomic mass is 16.4. The number of carboxylic acids is 1. The van der Waals surface area contributed by atoms with Gasteiger partial charge in [0.1, 0.15) is 5.56 Å². The topological polar surface area (TPSA) is 134 Å². The normalized spacial score (nSPS) is 11.1. The minimum Gasteiger partial charge on any atom is -0.477 e. The molecule has 0 aliphatic rings. The van der Waals surface area contributed by atoms with Crippen LogP contribution in [-0.4, -0.2) is 33.4 Å². The number of carbonyl (C=O) groups is 3. The van der Waals surface area contributed by atoms with E-state index in [2.05, 4.69) is 4.98 Å². The monoisotopic (exact) mass is 357 g/mol. The molecule has 0 fully saturated rings. The number of carbonyl (C=O) groups excluding carboxylic acids is 2. The number of nitrogens with zero attached hydrogens (tertiary/aromatic N) is 1. The lowest BCUT2D eigenvalue weighted by Crippen LogP contribution is -2.53. The summed E-state index contributed by atoms with van der Waals surface area (Å²) in [4.78, 5) is 50.4. The molecule has 0 atom stereocenters. The second-order valence-electron chi connectivity index (χ2n) is 6.35. The number of benzene rings is 1. The molecular weight excluding hydrogens is 338 g/mol. The highest BCUT2D eigenvalue weighted by molar-refractivity contribution is 6.17. The predicted octanol–water partition coefficient (Wildman–Crippen LogP) is 1.36. The van der Waals surface area contributed by atoms with Gasteiger partial charge >= 0.3 is 5.97 Å². The minimum absolute atomic E-state index is 0.342. The number of hydrogen-bond donors (Lipinski definition) is 3. The van der Waals surface area contributed by atoms with Gasteiger partial charge in [0.05, 0.1) is 11.2 Å². The van der Waals surface area contributed by atoms with Crippen molar-refractivity contribution in [3.05, 3.63) is 52.3 Å². The van der Waals surface area contributed by atoms with E-state index < -0.39 is 28.9 Å². The Bertz CT molecular complexity index is 923. The van der Waals surface area contributed by atoms with Crippen LogP contribution in [0.3, 0.4) is 0 Å². The van der Waals surface area contributed by atoms with Gasteiger partial charge < -0.3 is 15.8 Å². The van der Waals surface area contributed by atoms with Crippen LogP contribution in [0.25, 0.3) is 11.3 Å². The van der Waals surface area contributed by atoms with E-state index in [1.54, 1.807) is 24.3 Å². The fraction of sp³-hybridized carbons (Fsp3) is 0.222. The summed E-state index contributed by atoms with van der Waals surface area (Å²) in [7, 11) is 0. The van der Waals surface area contributed by atoms with Crippen LogP contribution in [-0.2, 0) is 9.59 Å². The van der Waals surface area contributed by atoms with Crippen LogP contribution in [0.1, 0.15) is 31.1 Å². The molecule has 0 saturated carbocycles. The number of nitrogens with one attached hydrogen (secondary N) is 1. The van der Waals surface area contributed by atoms with E-state index in [1.165, 1.54) is 32.9 Å². The van der Waals surface area contributed by atoms with E-state index in [4.69, 9.17) is 10.8 Å². The first-order valence-electron chi connectivity index (χ1n) is 7.73. The largest absolute Gasteiger partial charge is 0.477 e. The Morgan fingerprint density at radius 3 is 2.08 bits per heavy atom. The van der Waals surface area contributed by atoms with Crippen molar-refractivity contribution in [1.82, 2.24) is 4.98 Å². The molecule has 0 spiro atoms. The Morgan fingerprint density at radius 1 is 1.08 bits per heavy atom. The van der Waals surface area contributed by atoms with Gasteiger partial charge in [-0.25, -0.2) is 9.69 Å². The Morgan fingerprint density at radius 2 is 1.65 bits per heavy atom. The molecule has 0 radical (unpaired) electrons. The van der Waals surface area contributed by atoms with Crippen molar-refractivity contribution in [2.75, 3.05) is 4.90 Å². The number of pyridine rings is 1. The van der Waals surface area contributed by atoms with Crippen molar-refractivity contribution in [2.24, 2.45) is 5.73 Å². The van der Waals surface area contributed by atoms with E-state index in [9.17, 15) is 19.2 Å². The van der Waals surface area contributed by atoms with Gasteiger partial charge in [-0.2, -0.15) is 0 Å². The summed E-state index contributed by atoms with van der Waals surface area (Å²) in [5.41, 5.74) is 4.84. The van der Waals surface area contributed by atoms with Gasteiger partial charge in [-0.3, -0.25) is 14.4 Å². The number of aromatic carboxylic acids is 1. The summed E-state index contributed by atoms with van der Waals surface area (Å²) in [5.74, 6) is -2.33. The fourth-order valence-electron chi connectivity index (χ4n) is 2.33. The molecule has 0 aliphatic heterocycles. The van der Waals surface area contributed by atoms with E-state index >= 15 is 0 Å². The van der Waals surface area contributed by atoms with E-state index in [0.29, 0.717) is 16.9 Å². The van der Waals surface area contributed by atoms with E-state index in [1.807, 2.05) is 0 Å². The third-order valence-corrected chi connectivity index (χ3v) is 3.65. The van der Waals surface area contributed by atoms with Crippen molar-refractivity contribution >= 4 is 23.5 Å². The number of amides is 2. The van der Waals surface area contributed by atoms with Crippen molar-refractivity contribution in [3.63, 3.8) is 0 Å². The Hall–Kier alpha value is -3.26. The van der Waals surface area contributed by atoms with Crippen LogP contribution in [0.5, 0.6) is 0 Å². The van der Waals surface area contributed by atoms with Gasteiger partial charge in [0, 0.05) is 12.6 Å². The zero-order valence-corrected chi connectivity index (χ0v) is 14.6. The van der Waals surface area contributed by atoms with Crippen LogP contribution < -0.4 is 16.2 Å². The predicted molar refractivity (Wildman–Crippen MR) is 95.9 cm³/mol. The highest BCUT2D eigenvalue weighted by Crippen LogP contribution is 2.23. The summed E-state index contributed by atoms with van der Waals surface area (Å²) < 4.78 is 0. The second kappa shape index (κ2) is 6.93. The number of anilines is 1. The molecule has 1 aromatic carbocycles. The molecule has 4 N–H and O–H groups in total. The number of nitrogens with two attached hydrogens (primary N) is 1. The molecule has 0 unspecified atom stereocenters. The lowest BCUT2D eigenvalue weighted by molar-refractivity contribution is -0.128. The average molecular weight is 357 g/mol. The number of carboxylic acid groups (broad SMARTS) is 1. The first kappa shape index (κ1) is 19.1. The van der Waals surface area contributed by atoms with Gasteiger partial charge in [0.2, 0.25) is 5.91 Å². The molecule has 2 aromatic rings. The quantitative estimate of drug-likeness (QED) is 0.756. The molecule has 0 bridgehead atoms. The summed E-state index contributed by atoms with van der Waals surface area (Å²) >= 11 is 0. The van der Waals surface area contributed by atoms with Gasteiger partial charge in [-0.05, 0) is 43.7 Å². The number of rotatable bonds is 4. The summed E-state index contributed by atoms with van der Waals surface area (Å²) in [6.07, 6.45) is 0. The number of imide groups is 1. The molecule has 0 saturated heterocycles. The fourth-order valence-corrected chi connectivity index (χ4v) is 2.33. The molecule has 2 amide bonds. The maximum atomic E-state index is 12.4. The van der Waals surface area contributed by atoms with Gasteiger partial charge in [0.15, 0.2) is 0 Å². The first-order chi connectivity index (χ1) is 12.0. The average Bonchev–Trinajstić information content (AvgIpc) is 2.54. The van der Waals surface area contributed by atoms with Crippen LogP contribution in [0.4, 0.5) is 5.69 Å². The SMILES string of the molecule is CC(=O)N(C(=O)C(C)(C)N)c1ccc(-c2ccc(C(=O)O)c(=O)[nH]2)cc1. The molecule has 26 heavy (non-hydrogen) atoms. The Kier molecular flexibility index (Phi) is 5.08. The zero-order chi connectivity index (χ0) is 19.6. The Labute approximate surface area is 149 Å². The maximum Gasteiger partial charge on any atom is 0.341 e. The first-order valence-corrected chi connectivity index (χ1v) is 7.73. The van der Waals surface area contributed by atoms with Crippen LogP contribution in [0.15, 0.2) is 41.2 Å². The van der Waals surface area contributed by atoms with Crippen molar-refractivity contribution in [2.45, 2.75) is 26.3 Å². The lowest BCUT2D eigenvalue weighted by Gasteiger charge is -2.27. The van der Waals surface area contributed by atoms with Crippen molar-refractivity contribution in [1.29, 1.82) is 0 Å². The van der Waals surface area contributed by atoms with Gasteiger partial charge in [-0.15, -0.1) is 0 Å². The van der Waals surface area contributed by atoms with E-state index in [-0.39, 0.29) is 5.56 Å². The standard InChI is InChI=1S/C18H19N3O5/c1-10(22)21(17(26)18(2,3)19)12-6-4-11(5-7-12)14-9-8-13(16(24)25)15(23)20-14/h4-9H,19H2,1-3H3,(H,20,23)(H,24,25). The summed E-state index contributed by atoms with van der Waals surface area (Å²) in [6, 6.07) is 8.98. The summed E-state index contributed by atoms with van der Waals surface area (Å²) in [5, 5.41) is 8.89. The number of aromatic amines is 1. The maximum absolute atomic E-state index is 12.4. The molecule has 8 nitrogen and oxygen atoms in total. The summed E-state index contributed by atoms with van der Waals surface area (Å²) in [6.45, 7) is 4.28. The smallest absolute Gasteiger partial charge is 0.341 e. The molecular formula is C18H19N3O5. The zero-order valence-electron chi connectivity index (χ0n) is 14.6. The Balaban J connectivity index is 2.40. The third kappa shape index (κ3) is 3.86. The van der Waals surface area contributed by atoms with Crippen LogP contribution in [0, 0.1) is 0 Å². The molecule has 1 heterocycles. The number of hydrogen-bond acceptors (Lipinski definition) is 5. The third-order valence-electron chi connectivity index (χ3n) is 3.65. The number of H-pyrrole nitrogens is 1. The van der Waals surface area contributed by atoms with Gasteiger partial charge in [-0.1, -0.05) is 12.1 Å². The van der Waals surface area contributed by atoms with Crippen LogP contribution in [0.2, 0.25) is 0 Å².